The zero-order valence-electron chi connectivity index (χ0n) is 11.3. The van der Waals surface area contributed by atoms with E-state index >= 15 is 0 Å². The summed E-state index contributed by atoms with van der Waals surface area (Å²) in [4.78, 5) is 25.4. The summed E-state index contributed by atoms with van der Waals surface area (Å²) in [6.07, 6.45) is 5.05. The summed E-state index contributed by atoms with van der Waals surface area (Å²) in [7, 11) is 0. The molecule has 0 bridgehead atoms. The van der Waals surface area contributed by atoms with Gasteiger partial charge in [0.1, 0.15) is 15.7 Å². The summed E-state index contributed by atoms with van der Waals surface area (Å²) in [5.74, 6) is 0.338. The fraction of sp³-hybridized carbons (Fsp3) is 0.0667. The van der Waals surface area contributed by atoms with Crippen molar-refractivity contribution in [2.24, 2.45) is 0 Å². The minimum absolute atomic E-state index is 0.191. The highest BCUT2D eigenvalue weighted by Gasteiger charge is 2.16. The van der Waals surface area contributed by atoms with Crippen LogP contribution in [0.4, 0.5) is 5.82 Å². The second kappa shape index (κ2) is 5.80. The van der Waals surface area contributed by atoms with Gasteiger partial charge in [0, 0.05) is 24.2 Å². The van der Waals surface area contributed by atoms with Gasteiger partial charge in [0.15, 0.2) is 0 Å². The van der Waals surface area contributed by atoms with Crippen molar-refractivity contribution < 1.29 is 4.79 Å². The highest BCUT2D eigenvalue weighted by Crippen LogP contribution is 2.27. The third-order valence-electron chi connectivity index (χ3n) is 2.84. The van der Waals surface area contributed by atoms with E-state index in [1.54, 1.807) is 30.7 Å². The van der Waals surface area contributed by atoms with E-state index in [-0.39, 0.29) is 5.91 Å². The summed E-state index contributed by atoms with van der Waals surface area (Å²) < 4.78 is 0. The molecule has 0 saturated heterocycles. The number of amides is 1. The van der Waals surface area contributed by atoms with E-state index in [4.69, 9.17) is 0 Å². The third-order valence-corrected chi connectivity index (χ3v) is 4.04. The molecule has 5 nitrogen and oxygen atoms in total. The van der Waals surface area contributed by atoms with Crippen molar-refractivity contribution in [2.45, 2.75) is 6.92 Å². The van der Waals surface area contributed by atoms with Crippen molar-refractivity contribution in [3.8, 4) is 10.6 Å². The van der Waals surface area contributed by atoms with Crippen molar-refractivity contribution >= 4 is 23.1 Å². The monoisotopic (exact) mass is 296 g/mol. The van der Waals surface area contributed by atoms with Gasteiger partial charge in [-0.1, -0.05) is 6.07 Å². The fourth-order valence-corrected chi connectivity index (χ4v) is 2.80. The maximum atomic E-state index is 12.3. The van der Waals surface area contributed by atoms with Gasteiger partial charge in [-0.2, -0.15) is 0 Å². The van der Waals surface area contributed by atoms with Crippen LogP contribution in [0.5, 0.6) is 0 Å². The number of aromatic nitrogens is 3. The Morgan fingerprint density at radius 3 is 2.67 bits per heavy atom. The lowest BCUT2D eigenvalue weighted by Crippen LogP contribution is -2.12. The van der Waals surface area contributed by atoms with Crippen molar-refractivity contribution in [3.63, 3.8) is 0 Å². The minimum atomic E-state index is -0.191. The minimum Gasteiger partial charge on any atom is -0.306 e. The van der Waals surface area contributed by atoms with Gasteiger partial charge in [0.25, 0.3) is 5.91 Å². The highest BCUT2D eigenvalue weighted by molar-refractivity contribution is 7.17. The number of rotatable bonds is 3. The van der Waals surface area contributed by atoms with Crippen molar-refractivity contribution in [1.82, 2.24) is 15.0 Å². The molecule has 6 heteroatoms. The van der Waals surface area contributed by atoms with Gasteiger partial charge >= 0.3 is 0 Å². The van der Waals surface area contributed by atoms with Crippen LogP contribution in [-0.2, 0) is 0 Å². The molecule has 3 rings (SSSR count). The molecule has 3 heterocycles. The van der Waals surface area contributed by atoms with Crippen LogP contribution in [0.3, 0.4) is 0 Å². The molecule has 0 atom stereocenters. The molecular formula is C15H12N4OS. The molecule has 21 heavy (non-hydrogen) atoms. The standard InChI is InChI=1S/C15H12N4OS/c1-10-13(14(20)19-12-4-2-3-7-17-12)21-15(18-10)11-5-8-16-9-6-11/h2-9H,1H3,(H,17,19,20). The predicted octanol–water partition coefficient (Wildman–Crippen LogP) is 3.16. The summed E-state index contributed by atoms with van der Waals surface area (Å²) in [5.41, 5.74) is 1.66. The second-order valence-electron chi connectivity index (χ2n) is 4.34. The summed E-state index contributed by atoms with van der Waals surface area (Å²) in [5, 5.41) is 3.58. The smallest absolute Gasteiger partial charge is 0.268 e. The molecule has 0 unspecified atom stereocenters. The molecule has 3 aromatic heterocycles. The van der Waals surface area contributed by atoms with Crippen LogP contribution in [-0.4, -0.2) is 20.9 Å². The Hall–Kier alpha value is -2.60. The molecule has 0 aromatic carbocycles. The quantitative estimate of drug-likeness (QED) is 0.806. The molecule has 0 saturated carbocycles. The van der Waals surface area contributed by atoms with Gasteiger partial charge in [-0.3, -0.25) is 9.78 Å². The molecule has 104 valence electrons. The van der Waals surface area contributed by atoms with Gasteiger partial charge in [-0.05, 0) is 31.2 Å². The number of hydrogen-bond acceptors (Lipinski definition) is 5. The lowest BCUT2D eigenvalue weighted by atomic mass is 10.3. The Morgan fingerprint density at radius 1 is 1.14 bits per heavy atom. The number of pyridine rings is 2. The van der Waals surface area contributed by atoms with Crippen molar-refractivity contribution in [1.29, 1.82) is 0 Å². The van der Waals surface area contributed by atoms with Crippen LogP contribution >= 0.6 is 11.3 Å². The van der Waals surface area contributed by atoms with Crippen LogP contribution in [0, 0.1) is 6.92 Å². The Morgan fingerprint density at radius 2 is 1.95 bits per heavy atom. The lowest BCUT2D eigenvalue weighted by molar-refractivity contribution is 0.102. The molecule has 0 radical (unpaired) electrons. The molecule has 0 spiro atoms. The number of hydrogen-bond donors (Lipinski definition) is 1. The third kappa shape index (κ3) is 2.95. The summed E-state index contributed by atoms with van der Waals surface area (Å²) >= 11 is 1.36. The first-order valence-electron chi connectivity index (χ1n) is 6.34. The van der Waals surface area contributed by atoms with Gasteiger partial charge in [0.05, 0.1) is 5.69 Å². The average Bonchev–Trinajstić information content (AvgIpc) is 2.91. The number of aryl methyl sites for hydroxylation is 1. The Labute approximate surface area is 125 Å². The number of carbonyl (C=O) groups excluding carboxylic acids is 1. The predicted molar refractivity (Wildman–Crippen MR) is 82.3 cm³/mol. The van der Waals surface area contributed by atoms with E-state index in [0.29, 0.717) is 16.4 Å². The Kier molecular flexibility index (Phi) is 3.70. The number of carbonyl (C=O) groups is 1. The van der Waals surface area contributed by atoms with Gasteiger partial charge in [-0.25, -0.2) is 9.97 Å². The number of thiazole rings is 1. The summed E-state index contributed by atoms with van der Waals surface area (Å²) in [6, 6.07) is 9.12. The fourth-order valence-electron chi connectivity index (χ4n) is 1.83. The van der Waals surface area contributed by atoms with Gasteiger partial charge < -0.3 is 5.32 Å². The largest absolute Gasteiger partial charge is 0.306 e. The number of anilines is 1. The maximum absolute atomic E-state index is 12.3. The van der Waals surface area contributed by atoms with Gasteiger partial charge in [0.2, 0.25) is 0 Å². The zero-order valence-corrected chi connectivity index (χ0v) is 12.1. The SMILES string of the molecule is Cc1nc(-c2ccncc2)sc1C(=O)Nc1ccccn1. The molecule has 1 amide bonds. The van der Waals surface area contributed by atoms with E-state index in [1.165, 1.54) is 11.3 Å². The normalized spacial score (nSPS) is 10.3. The summed E-state index contributed by atoms with van der Waals surface area (Å²) in [6.45, 7) is 1.83. The molecule has 3 aromatic rings. The molecule has 0 aliphatic heterocycles. The van der Waals surface area contributed by atoms with E-state index < -0.39 is 0 Å². The van der Waals surface area contributed by atoms with Crippen molar-refractivity contribution in [2.75, 3.05) is 5.32 Å². The van der Waals surface area contributed by atoms with Crippen LogP contribution in [0.25, 0.3) is 10.6 Å². The first kappa shape index (κ1) is 13.4. The molecular weight excluding hydrogens is 284 g/mol. The highest BCUT2D eigenvalue weighted by atomic mass is 32.1. The molecule has 0 aliphatic rings. The van der Waals surface area contributed by atoms with E-state index in [9.17, 15) is 4.79 Å². The first-order chi connectivity index (χ1) is 10.2. The van der Waals surface area contributed by atoms with Crippen LogP contribution < -0.4 is 5.32 Å². The first-order valence-corrected chi connectivity index (χ1v) is 7.16. The Balaban J connectivity index is 1.86. The molecule has 1 N–H and O–H groups in total. The zero-order chi connectivity index (χ0) is 14.7. The van der Waals surface area contributed by atoms with E-state index in [0.717, 1.165) is 10.6 Å². The van der Waals surface area contributed by atoms with Crippen LogP contribution in [0.15, 0.2) is 48.9 Å². The number of nitrogens with one attached hydrogen (secondary N) is 1. The van der Waals surface area contributed by atoms with Crippen LogP contribution in [0.1, 0.15) is 15.4 Å². The average molecular weight is 296 g/mol. The van der Waals surface area contributed by atoms with Crippen molar-refractivity contribution in [3.05, 3.63) is 59.5 Å². The second-order valence-corrected chi connectivity index (χ2v) is 5.34. The van der Waals surface area contributed by atoms with Gasteiger partial charge in [-0.15, -0.1) is 11.3 Å². The topological polar surface area (TPSA) is 67.8 Å². The molecule has 0 fully saturated rings. The lowest BCUT2D eigenvalue weighted by Gasteiger charge is -2.01. The van der Waals surface area contributed by atoms with Crippen LogP contribution in [0.2, 0.25) is 0 Å². The van der Waals surface area contributed by atoms with E-state index in [1.807, 2.05) is 25.1 Å². The maximum Gasteiger partial charge on any atom is 0.268 e. The molecule has 0 aliphatic carbocycles. The van der Waals surface area contributed by atoms with E-state index in [2.05, 4.69) is 20.3 Å². The Bertz CT molecular complexity index is 756. The number of nitrogens with zero attached hydrogens (tertiary/aromatic N) is 3.